The molecule has 2 aromatic rings. The van der Waals surface area contributed by atoms with E-state index in [9.17, 15) is 4.79 Å². The highest BCUT2D eigenvalue weighted by Gasteiger charge is 2.15. The quantitative estimate of drug-likeness (QED) is 0.380. The lowest BCUT2D eigenvalue weighted by Crippen LogP contribution is -2.35. The monoisotopic (exact) mass is 257 g/mol. The molecule has 0 bridgehead atoms. The number of oxime groups is 1. The first-order chi connectivity index (χ1) is 9.13. The smallest absolute Gasteiger partial charge is 0.254 e. The normalized spacial score (nSPS) is 11.5. The summed E-state index contributed by atoms with van der Waals surface area (Å²) in [6.07, 6.45) is 0. The van der Waals surface area contributed by atoms with Gasteiger partial charge in [-0.2, -0.15) is 0 Å². The van der Waals surface area contributed by atoms with Gasteiger partial charge in [0.25, 0.3) is 5.91 Å². The third-order valence-electron chi connectivity index (χ3n) is 2.89. The van der Waals surface area contributed by atoms with E-state index in [4.69, 9.17) is 10.9 Å². The number of hydrogen-bond acceptors (Lipinski definition) is 3. The van der Waals surface area contributed by atoms with Crippen LogP contribution in [0.3, 0.4) is 0 Å². The molecule has 0 aromatic heterocycles. The highest BCUT2D eigenvalue weighted by molar-refractivity contribution is 6.07. The third-order valence-corrected chi connectivity index (χ3v) is 2.89. The van der Waals surface area contributed by atoms with Crippen LogP contribution in [-0.2, 0) is 0 Å². The van der Waals surface area contributed by atoms with Crippen LogP contribution in [0, 0.1) is 0 Å². The van der Waals surface area contributed by atoms with E-state index in [0.717, 1.165) is 10.8 Å². The van der Waals surface area contributed by atoms with Crippen LogP contribution in [0.4, 0.5) is 0 Å². The van der Waals surface area contributed by atoms with E-state index < -0.39 is 0 Å². The summed E-state index contributed by atoms with van der Waals surface area (Å²) in [7, 11) is 1.61. The Kier molecular flexibility index (Phi) is 3.66. The van der Waals surface area contributed by atoms with Crippen molar-refractivity contribution < 1.29 is 10.0 Å². The van der Waals surface area contributed by atoms with Crippen LogP contribution < -0.4 is 5.73 Å². The molecule has 0 aliphatic rings. The van der Waals surface area contributed by atoms with Crippen LogP contribution in [0.1, 0.15) is 10.4 Å². The zero-order valence-corrected chi connectivity index (χ0v) is 10.6. The average molecular weight is 257 g/mol. The van der Waals surface area contributed by atoms with Crippen molar-refractivity contribution in [1.82, 2.24) is 4.90 Å². The topological polar surface area (TPSA) is 78.9 Å². The summed E-state index contributed by atoms with van der Waals surface area (Å²) in [6, 6.07) is 13.2. The number of rotatable bonds is 3. The van der Waals surface area contributed by atoms with Gasteiger partial charge in [0.15, 0.2) is 5.84 Å². The van der Waals surface area contributed by atoms with E-state index >= 15 is 0 Å². The first kappa shape index (κ1) is 12.9. The number of amidine groups is 1. The first-order valence-corrected chi connectivity index (χ1v) is 5.83. The number of carbonyl (C=O) groups excluding carboxylic acids is 1. The number of benzene rings is 2. The Balaban J connectivity index is 2.36. The van der Waals surface area contributed by atoms with Crippen LogP contribution in [0.2, 0.25) is 0 Å². The molecule has 0 radical (unpaired) electrons. The van der Waals surface area contributed by atoms with Gasteiger partial charge in [-0.15, -0.1) is 0 Å². The molecule has 0 heterocycles. The molecule has 0 aliphatic carbocycles. The van der Waals surface area contributed by atoms with E-state index in [0.29, 0.717) is 5.56 Å². The van der Waals surface area contributed by atoms with Gasteiger partial charge in [0.1, 0.15) is 0 Å². The van der Waals surface area contributed by atoms with E-state index in [1.165, 1.54) is 4.90 Å². The first-order valence-electron chi connectivity index (χ1n) is 5.83. The fraction of sp³-hybridized carbons (Fsp3) is 0.143. The summed E-state index contributed by atoms with van der Waals surface area (Å²) in [4.78, 5) is 13.8. The van der Waals surface area contributed by atoms with Crippen LogP contribution in [-0.4, -0.2) is 35.4 Å². The molecule has 0 aliphatic heterocycles. The zero-order valence-electron chi connectivity index (χ0n) is 10.6. The Morgan fingerprint density at radius 3 is 2.68 bits per heavy atom. The van der Waals surface area contributed by atoms with Crippen LogP contribution in [0.15, 0.2) is 47.6 Å². The van der Waals surface area contributed by atoms with Crippen molar-refractivity contribution in [3.05, 3.63) is 48.0 Å². The molecule has 0 spiro atoms. The van der Waals surface area contributed by atoms with Crippen LogP contribution >= 0.6 is 0 Å². The summed E-state index contributed by atoms with van der Waals surface area (Å²) in [5.74, 6) is -0.167. The zero-order chi connectivity index (χ0) is 13.8. The number of nitrogens with two attached hydrogens (primary N) is 1. The molecule has 0 saturated heterocycles. The molecular weight excluding hydrogens is 242 g/mol. The largest absolute Gasteiger partial charge is 0.409 e. The van der Waals surface area contributed by atoms with Gasteiger partial charge in [-0.3, -0.25) is 4.79 Å². The summed E-state index contributed by atoms with van der Waals surface area (Å²) >= 11 is 0. The van der Waals surface area contributed by atoms with Crippen molar-refractivity contribution in [1.29, 1.82) is 0 Å². The Morgan fingerprint density at radius 1 is 1.26 bits per heavy atom. The van der Waals surface area contributed by atoms with Crippen molar-refractivity contribution in [2.75, 3.05) is 13.6 Å². The molecule has 3 N–H and O–H groups in total. The molecule has 1 amide bonds. The van der Waals surface area contributed by atoms with Crippen LogP contribution in [0.25, 0.3) is 10.8 Å². The Hall–Kier alpha value is -2.56. The maximum absolute atomic E-state index is 12.3. The second kappa shape index (κ2) is 5.39. The molecular formula is C14H15N3O2. The summed E-state index contributed by atoms with van der Waals surface area (Å²) < 4.78 is 0. The van der Waals surface area contributed by atoms with Crippen molar-refractivity contribution >= 4 is 22.5 Å². The van der Waals surface area contributed by atoms with E-state index in [2.05, 4.69) is 5.16 Å². The van der Waals surface area contributed by atoms with Gasteiger partial charge in [-0.25, -0.2) is 0 Å². The number of nitrogens with zero attached hydrogens (tertiary/aromatic N) is 2. The van der Waals surface area contributed by atoms with Gasteiger partial charge >= 0.3 is 0 Å². The molecule has 5 heteroatoms. The standard InChI is InChI=1S/C14H15N3O2/c1-17(9-13(15)16-19)14(18)12-8-4-6-10-5-2-3-7-11(10)12/h2-8,19H,9H2,1H3,(H2,15,16). The summed E-state index contributed by atoms with van der Waals surface area (Å²) in [5.41, 5.74) is 6.01. The summed E-state index contributed by atoms with van der Waals surface area (Å²) in [6.45, 7) is 0.0819. The van der Waals surface area contributed by atoms with Gasteiger partial charge in [0.2, 0.25) is 0 Å². The van der Waals surface area contributed by atoms with E-state index in [1.54, 1.807) is 13.1 Å². The fourth-order valence-corrected chi connectivity index (χ4v) is 1.96. The Morgan fingerprint density at radius 2 is 1.95 bits per heavy atom. The SMILES string of the molecule is CN(CC(N)=NO)C(=O)c1cccc2ccccc12. The molecule has 98 valence electrons. The second-order valence-electron chi connectivity index (χ2n) is 4.28. The van der Waals surface area contributed by atoms with Crippen molar-refractivity contribution in [3.63, 3.8) is 0 Å². The highest BCUT2D eigenvalue weighted by atomic mass is 16.4. The lowest BCUT2D eigenvalue weighted by atomic mass is 10.0. The molecule has 0 unspecified atom stereocenters. The number of hydrogen-bond donors (Lipinski definition) is 2. The molecule has 19 heavy (non-hydrogen) atoms. The van der Waals surface area contributed by atoms with Gasteiger partial charge in [0, 0.05) is 12.6 Å². The van der Waals surface area contributed by atoms with E-state index in [-0.39, 0.29) is 18.3 Å². The maximum Gasteiger partial charge on any atom is 0.254 e. The summed E-state index contributed by atoms with van der Waals surface area (Å²) in [5, 5.41) is 13.3. The predicted molar refractivity (Wildman–Crippen MR) is 74.3 cm³/mol. The van der Waals surface area contributed by atoms with Crippen molar-refractivity contribution in [2.45, 2.75) is 0 Å². The average Bonchev–Trinajstić information content (AvgIpc) is 2.45. The lowest BCUT2D eigenvalue weighted by molar-refractivity contribution is 0.0815. The minimum absolute atomic E-state index is 0.00362. The number of fused-ring (bicyclic) bond motifs is 1. The number of amides is 1. The van der Waals surface area contributed by atoms with Gasteiger partial charge < -0.3 is 15.8 Å². The molecule has 2 aromatic carbocycles. The van der Waals surface area contributed by atoms with Gasteiger partial charge in [-0.05, 0) is 16.8 Å². The molecule has 0 atom stereocenters. The minimum atomic E-state index is -0.164. The molecule has 2 rings (SSSR count). The van der Waals surface area contributed by atoms with Gasteiger partial charge in [-0.1, -0.05) is 41.6 Å². The Labute approximate surface area is 110 Å². The Bertz CT molecular complexity index is 632. The van der Waals surface area contributed by atoms with Crippen LogP contribution in [0.5, 0.6) is 0 Å². The fourth-order valence-electron chi connectivity index (χ4n) is 1.96. The molecule has 5 nitrogen and oxygen atoms in total. The van der Waals surface area contributed by atoms with Gasteiger partial charge in [0.05, 0.1) is 6.54 Å². The van der Waals surface area contributed by atoms with Crippen molar-refractivity contribution in [3.8, 4) is 0 Å². The second-order valence-corrected chi connectivity index (χ2v) is 4.28. The number of likely N-dealkylation sites (N-methyl/N-ethyl adjacent to an activating group) is 1. The number of carbonyl (C=O) groups is 1. The maximum atomic E-state index is 12.3. The van der Waals surface area contributed by atoms with Crippen molar-refractivity contribution in [2.24, 2.45) is 10.9 Å². The van der Waals surface area contributed by atoms with E-state index in [1.807, 2.05) is 36.4 Å². The third kappa shape index (κ3) is 2.65. The lowest BCUT2D eigenvalue weighted by Gasteiger charge is -2.17. The highest BCUT2D eigenvalue weighted by Crippen LogP contribution is 2.19. The predicted octanol–water partition coefficient (Wildman–Crippen LogP) is 1.66. The molecule has 0 saturated carbocycles. The molecule has 0 fully saturated rings. The minimum Gasteiger partial charge on any atom is -0.409 e.